The number of aromatic amines is 2. The summed E-state index contributed by atoms with van der Waals surface area (Å²) in [5.41, 5.74) is 1.39. The molecule has 0 aliphatic carbocycles. The SMILES string of the molecule is O=C(c1ocnc1C(F)(F)F)N1CCc2[nH]cnc2[C@H]1c1nc2ccccc2[nH]1. The molecule has 0 saturated heterocycles. The Labute approximate surface area is 160 Å². The number of nitrogens with zero attached hydrogens (tertiary/aromatic N) is 4. The van der Waals surface area contributed by atoms with Crippen molar-refractivity contribution in [3.8, 4) is 0 Å². The lowest BCUT2D eigenvalue weighted by molar-refractivity contribution is -0.141. The molecule has 1 atom stereocenters. The number of amides is 1. The molecule has 4 aromatic rings. The second-order valence-electron chi connectivity index (χ2n) is 6.58. The molecule has 8 nitrogen and oxygen atoms in total. The van der Waals surface area contributed by atoms with Crippen LogP contribution < -0.4 is 0 Å². The molecule has 1 amide bonds. The summed E-state index contributed by atoms with van der Waals surface area (Å²) in [6.45, 7) is 0.160. The average Bonchev–Trinajstić information content (AvgIpc) is 3.44. The van der Waals surface area contributed by atoms with Crippen molar-refractivity contribution in [1.82, 2.24) is 29.8 Å². The van der Waals surface area contributed by atoms with Gasteiger partial charge >= 0.3 is 6.18 Å². The number of para-hydroxylation sites is 2. The van der Waals surface area contributed by atoms with E-state index in [9.17, 15) is 18.0 Å². The van der Waals surface area contributed by atoms with Crippen molar-refractivity contribution in [2.75, 3.05) is 6.54 Å². The van der Waals surface area contributed by atoms with Crippen molar-refractivity contribution in [2.24, 2.45) is 0 Å². The van der Waals surface area contributed by atoms with Gasteiger partial charge in [0.05, 0.1) is 23.1 Å². The van der Waals surface area contributed by atoms with Crippen LogP contribution in [0.4, 0.5) is 13.2 Å². The second kappa shape index (κ2) is 6.19. The number of hydrogen-bond acceptors (Lipinski definition) is 5. The number of halogens is 3. The van der Waals surface area contributed by atoms with Gasteiger partial charge in [-0.2, -0.15) is 13.2 Å². The highest BCUT2D eigenvalue weighted by Gasteiger charge is 2.44. The lowest BCUT2D eigenvalue weighted by Crippen LogP contribution is -2.41. The Morgan fingerprint density at radius 2 is 2.07 bits per heavy atom. The highest BCUT2D eigenvalue weighted by molar-refractivity contribution is 5.93. The van der Waals surface area contributed by atoms with Crippen LogP contribution >= 0.6 is 0 Å². The summed E-state index contributed by atoms with van der Waals surface area (Å²) in [5.74, 6) is -1.37. The van der Waals surface area contributed by atoms with Crippen LogP contribution in [0.15, 0.2) is 41.4 Å². The van der Waals surface area contributed by atoms with Crippen LogP contribution in [0.5, 0.6) is 0 Å². The quantitative estimate of drug-likeness (QED) is 0.536. The minimum atomic E-state index is -4.81. The molecule has 1 aromatic carbocycles. The van der Waals surface area contributed by atoms with Gasteiger partial charge in [-0.05, 0) is 12.1 Å². The Hall–Kier alpha value is -3.63. The van der Waals surface area contributed by atoms with Crippen LogP contribution in [0.2, 0.25) is 0 Å². The van der Waals surface area contributed by atoms with Crippen LogP contribution in [-0.4, -0.2) is 42.3 Å². The van der Waals surface area contributed by atoms with Gasteiger partial charge in [-0.1, -0.05) is 12.1 Å². The van der Waals surface area contributed by atoms with Gasteiger partial charge in [0.1, 0.15) is 11.9 Å². The van der Waals surface area contributed by atoms with E-state index < -0.39 is 29.6 Å². The summed E-state index contributed by atoms with van der Waals surface area (Å²) in [7, 11) is 0. The molecular weight excluding hydrogens is 389 g/mol. The van der Waals surface area contributed by atoms with Gasteiger partial charge in [-0.25, -0.2) is 15.0 Å². The lowest BCUT2D eigenvalue weighted by atomic mass is 10.0. The van der Waals surface area contributed by atoms with Crippen molar-refractivity contribution >= 4 is 16.9 Å². The summed E-state index contributed by atoms with van der Waals surface area (Å²) in [6, 6.07) is 6.48. The number of oxazole rings is 1. The van der Waals surface area contributed by atoms with Crippen molar-refractivity contribution in [3.63, 3.8) is 0 Å². The van der Waals surface area contributed by atoms with Crippen LogP contribution in [0.25, 0.3) is 11.0 Å². The van der Waals surface area contributed by atoms with E-state index in [1.54, 1.807) is 6.07 Å². The van der Waals surface area contributed by atoms with Gasteiger partial charge in [0.2, 0.25) is 5.76 Å². The first-order valence-electron chi connectivity index (χ1n) is 8.72. The average molecular weight is 402 g/mol. The van der Waals surface area contributed by atoms with E-state index >= 15 is 0 Å². The summed E-state index contributed by atoms with van der Waals surface area (Å²) in [6.07, 6.45) is -2.28. The normalized spacial score (nSPS) is 16.9. The molecule has 5 rings (SSSR count). The summed E-state index contributed by atoms with van der Waals surface area (Å²) >= 11 is 0. The zero-order valence-corrected chi connectivity index (χ0v) is 14.7. The Kier molecular flexibility index (Phi) is 3.73. The van der Waals surface area contributed by atoms with Crippen LogP contribution in [0.3, 0.4) is 0 Å². The van der Waals surface area contributed by atoms with E-state index in [0.717, 1.165) is 11.2 Å². The minimum Gasteiger partial charge on any atom is -0.438 e. The maximum absolute atomic E-state index is 13.2. The Morgan fingerprint density at radius 3 is 2.86 bits per heavy atom. The molecule has 0 saturated carbocycles. The number of nitrogens with one attached hydrogen (secondary N) is 2. The van der Waals surface area contributed by atoms with E-state index in [1.807, 2.05) is 18.2 Å². The number of H-pyrrole nitrogens is 2. The molecule has 4 heterocycles. The van der Waals surface area contributed by atoms with Crippen LogP contribution in [-0.2, 0) is 12.6 Å². The Bertz CT molecular complexity index is 1170. The van der Waals surface area contributed by atoms with E-state index in [2.05, 4.69) is 24.9 Å². The first-order valence-corrected chi connectivity index (χ1v) is 8.72. The standard InChI is InChI=1S/C18H13F3N6O2/c19-18(20,21)15-14(29-8-24-15)17(28)27-6-5-11-12(23-7-22-11)13(27)16-25-9-3-1-2-4-10(9)26-16/h1-4,7-8,13H,5-6H2,(H,22,23)(H,25,26)/t13-/m0/s1. The number of carbonyl (C=O) groups excluding carboxylic acids is 1. The van der Waals surface area contributed by atoms with Crippen molar-refractivity contribution in [3.05, 3.63) is 65.7 Å². The van der Waals surface area contributed by atoms with Gasteiger partial charge in [-0.15, -0.1) is 0 Å². The predicted octanol–water partition coefficient (Wildman–Crippen LogP) is 3.08. The third-order valence-electron chi connectivity index (χ3n) is 4.88. The van der Waals surface area contributed by atoms with Crippen LogP contribution in [0.1, 0.15) is 39.5 Å². The molecule has 3 aromatic heterocycles. The second-order valence-corrected chi connectivity index (χ2v) is 6.58. The molecule has 1 aliphatic heterocycles. The van der Waals surface area contributed by atoms with E-state index in [4.69, 9.17) is 4.42 Å². The highest BCUT2D eigenvalue weighted by atomic mass is 19.4. The monoisotopic (exact) mass is 402 g/mol. The van der Waals surface area contributed by atoms with Gasteiger partial charge in [0.15, 0.2) is 12.1 Å². The summed E-state index contributed by atoms with van der Waals surface area (Å²) < 4.78 is 44.5. The minimum absolute atomic E-state index is 0.160. The molecule has 11 heteroatoms. The molecular formula is C18H13F3N6O2. The Morgan fingerprint density at radius 1 is 1.24 bits per heavy atom. The fourth-order valence-corrected chi connectivity index (χ4v) is 3.60. The maximum atomic E-state index is 13.2. The number of benzene rings is 1. The maximum Gasteiger partial charge on any atom is 0.437 e. The fraction of sp³-hybridized carbons (Fsp3) is 0.222. The number of fused-ring (bicyclic) bond motifs is 2. The lowest BCUT2D eigenvalue weighted by Gasteiger charge is -2.33. The topological polar surface area (TPSA) is 104 Å². The third kappa shape index (κ3) is 2.77. The first-order chi connectivity index (χ1) is 13.9. The summed E-state index contributed by atoms with van der Waals surface area (Å²) in [4.78, 5) is 32.5. The third-order valence-corrected chi connectivity index (χ3v) is 4.88. The molecule has 0 spiro atoms. The number of hydrogen-bond donors (Lipinski definition) is 2. The molecule has 1 aliphatic rings. The predicted molar refractivity (Wildman–Crippen MR) is 92.8 cm³/mol. The molecule has 0 fully saturated rings. The highest BCUT2D eigenvalue weighted by Crippen LogP contribution is 2.36. The largest absolute Gasteiger partial charge is 0.438 e. The van der Waals surface area contributed by atoms with Gasteiger partial charge in [-0.3, -0.25) is 4.79 Å². The van der Waals surface area contributed by atoms with E-state index in [-0.39, 0.29) is 6.54 Å². The number of imidazole rings is 2. The molecule has 2 N–H and O–H groups in total. The van der Waals surface area contributed by atoms with Crippen molar-refractivity contribution < 1.29 is 22.4 Å². The van der Waals surface area contributed by atoms with Gasteiger partial charge in [0, 0.05) is 18.7 Å². The van der Waals surface area contributed by atoms with E-state index in [0.29, 0.717) is 29.8 Å². The van der Waals surface area contributed by atoms with Gasteiger partial charge in [0.25, 0.3) is 5.91 Å². The molecule has 148 valence electrons. The van der Waals surface area contributed by atoms with Crippen LogP contribution in [0, 0.1) is 0 Å². The zero-order chi connectivity index (χ0) is 20.2. The van der Waals surface area contributed by atoms with Gasteiger partial charge < -0.3 is 19.3 Å². The zero-order valence-electron chi connectivity index (χ0n) is 14.7. The molecule has 0 unspecified atom stereocenters. The Balaban J connectivity index is 1.62. The van der Waals surface area contributed by atoms with Crippen molar-refractivity contribution in [1.29, 1.82) is 0 Å². The van der Waals surface area contributed by atoms with E-state index in [1.165, 1.54) is 11.2 Å². The van der Waals surface area contributed by atoms with Crippen molar-refractivity contribution in [2.45, 2.75) is 18.6 Å². The fourth-order valence-electron chi connectivity index (χ4n) is 3.60. The molecule has 29 heavy (non-hydrogen) atoms. The molecule has 0 radical (unpaired) electrons. The summed E-state index contributed by atoms with van der Waals surface area (Å²) in [5, 5.41) is 0. The molecule has 0 bridgehead atoms. The first kappa shape index (κ1) is 17.5. The number of carbonyl (C=O) groups is 1. The number of aromatic nitrogens is 5. The smallest absolute Gasteiger partial charge is 0.437 e. The number of rotatable bonds is 2. The number of alkyl halides is 3.